The number of hydrogen-bond donors (Lipinski definition) is 2. The molecule has 3 aromatic rings. The van der Waals surface area contributed by atoms with Crippen molar-refractivity contribution in [2.45, 2.75) is 40.4 Å². The van der Waals surface area contributed by atoms with Gasteiger partial charge in [-0.25, -0.2) is 0 Å². The van der Waals surface area contributed by atoms with Crippen LogP contribution in [0.4, 0.5) is 24.5 Å². The maximum atomic E-state index is 13.0. The van der Waals surface area contributed by atoms with E-state index >= 15 is 0 Å². The number of benzene rings is 2. The summed E-state index contributed by atoms with van der Waals surface area (Å²) in [4.78, 5) is 0. The summed E-state index contributed by atoms with van der Waals surface area (Å²) < 4.78 is 40.6. The number of aromatic nitrogens is 2. The van der Waals surface area contributed by atoms with Crippen LogP contribution in [0.1, 0.15) is 33.6 Å². The fourth-order valence-electron chi connectivity index (χ4n) is 3.27. The van der Waals surface area contributed by atoms with Crippen molar-refractivity contribution in [2.24, 2.45) is 0 Å². The van der Waals surface area contributed by atoms with Crippen LogP contribution in [0.25, 0.3) is 0 Å². The lowest BCUT2D eigenvalue weighted by Gasteiger charge is -2.13. The summed E-state index contributed by atoms with van der Waals surface area (Å²) in [6, 6.07) is 11.3. The van der Waals surface area contributed by atoms with Gasteiger partial charge in [0.05, 0.1) is 29.2 Å². The highest BCUT2D eigenvalue weighted by Crippen LogP contribution is 2.30. The fourth-order valence-corrected chi connectivity index (χ4v) is 3.48. The lowest BCUT2D eigenvalue weighted by atomic mass is 10.1. The first kappa shape index (κ1) is 21.8. The first-order valence-corrected chi connectivity index (χ1v) is 9.81. The molecule has 0 saturated carbocycles. The van der Waals surface area contributed by atoms with Gasteiger partial charge in [0.25, 0.3) is 0 Å². The Morgan fingerprint density at radius 2 is 1.77 bits per heavy atom. The number of hydrogen-bond acceptors (Lipinski definition) is 2. The quantitative estimate of drug-likeness (QED) is 0.497. The third-order valence-electron chi connectivity index (χ3n) is 4.84. The highest BCUT2D eigenvalue weighted by molar-refractivity contribution is 7.80. The normalized spacial score (nSPS) is 11.4. The van der Waals surface area contributed by atoms with Crippen molar-refractivity contribution in [2.75, 3.05) is 10.6 Å². The van der Waals surface area contributed by atoms with Crippen molar-refractivity contribution in [3.63, 3.8) is 0 Å². The first-order valence-electron chi connectivity index (χ1n) is 9.40. The van der Waals surface area contributed by atoms with Crippen LogP contribution in [0.15, 0.2) is 42.5 Å². The Morgan fingerprint density at radius 3 is 2.43 bits per heavy atom. The van der Waals surface area contributed by atoms with Crippen LogP contribution in [0.2, 0.25) is 0 Å². The van der Waals surface area contributed by atoms with E-state index in [1.807, 2.05) is 39.8 Å². The average Bonchev–Trinajstić information content (AvgIpc) is 2.91. The molecule has 0 aliphatic rings. The van der Waals surface area contributed by atoms with Crippen LogP contribution in [0, 0.1) is 27.7 Å². The molecule has 0 fully saturated rings. The Morgan fingerprint density at radius 1 is 1.03 bits per heavy atom. The standard InChI is InChI=1S/C22H23F3N4S/c1-13-8-9-19(14(2)10-13)26-21(30)27-20-15(3)28-29(16(20)4)12-17-6-5-7-18(11-17)22(23,24)25/h5-11H,12H2,1-4H3,(H2,26,27,30). The second kappa shape index (κ2) is 8.47. The van der Waals surface area contributed by atoms with Gasteiger partial charge in [-0.2, -0.15) is 18.3 Å². The molecular formula is C22H23F3N4S. The average molecular weight is 433 g/mol. The van der Waals surface area contributed by atoms with E-state index in [0.717, 1.165) is 34.8 Å². The number of anilines is 2. The van der Waals surface area contributed by atoms with Crippen LogP contribution in [-0.2, 0) is 12.7 Å². The topological polar surface area (TPSA) is 41.9 Å². The molecule has 1 heterocycles. The number of nitrogens with one attached hydrogen (secondary N) is 2. The molecule has 0 saturated heterocycles. The zero-order valence-electron chi connectivity index (χ0n) is 17.2. The molecule has 0 atom stereocenters. The van der Waals surface area contributed by atoms with E-state index < -0.39 is 11.7 Å². The summed E-state index contributed by atoms with van der Waals surface area (Å²) in [7, 11) is 0. The zero-order valence-corrected chi connectivity index (χ0v) is 18.0. The minimum Gasteiger partial charge on any atom is -0.332 e. The Labute approximate surface area is 179 Å². The third-order valence-corrected chi connectivity index (χ3v) is 5.04. The predicted molar refractivity (Wildman–Crippen MR) is 118 cm³/mol. The van der Waals surface area contributed by atoms with Gasteiger partial charge in [-0.05, 0) is 69.2 Å². The number of halogens is 3. The maximum Gasteiger partial charge on any atom is 0.416 e. The molecule has 4 nitrogen and oxygen atoms in total. The van der Waals surface area contributed by atoms with Crippen LogP contribution in [-0.4, -0.2) is 14.9 Å². The molecule has 0 unspecified atom stereocenters. The maximum absolute atomic E-state index is 13.0. The number of rotatable bonds is 4. The van der Waals surface area contributed by atoms with Gasteiger partial charge in [0.1, 0.15) is 0 Å². The molecule has 30 heavy (non-hydrogen) atoms. The van der Waals surface area contributed by atoms with Crippen LogP contribution < -0.4 is 10.6 Å². The van der Waals surface area contributed by atoms with Crippen molar-refractivity contribution in [3.8, 4) is 0 Å². The summed E-state index contributed by atoms with van der Waals surface area (Å²) in [5.41, 5.74) is 5.25. The van der Waals surface area contributed by atoms with Crippen molar-refractivity contribution in [3.05, 3.63) is 76.1 Å². The molecule has 2 N–H and O–H groups in total. The lowest BCUT2D eigenvalue weighted by molar-refractivity contribution is -0.137. The van der Waals surface area contributed by atoms with Gasteiger partial charge >= 0.3 is 6.18 Å². The molecule has 0 aliphatic carbocycles. The van der Waals surface area contributed by atoms with Gasteiger partial charge in [0.15, 0.2) is 5.11 Å². The van der Waals surface area contributed by atoms with Crippen molar-refractivity contribution in [1.82, 2.24) is 9.78 Å². The van der Waals surface area contributed by atoms with Gasteiger partial charge in [-0.1, -0.05) is 29.8 Å². The Kier molecular flexibility index (Phi) is 6.17. The summed E-state index contributed by atoms with van der Waals surface area (Å²) >= 11 is 5.44. The SMILES string of the molecule is Cc1ccc(NC(=S)Nc2c(C)nn(Cc3cccc(C(F)(F)F)c3)c2C)c(C)c1. The smallest absolute Gasteiger partial charge is 0.332 e. The third kappa shape index (κ3) is 4.99. The Hall–Kier alpha value is -2.87. The zero-order chi connectivity index (χ0) is 22.1. The summed E-state index contributed by atoms with van der Waals surface area (Å²) in [6.07, 6.45) is -4.37. The van der Waals surface area contributed by atoms with Crippen LogP contribution in [0.3, 0.4) is 0 Å². The Balaban J connectivity index is 1.76. The number of aryl methyl sites for hydroxylation is 3. The van der Waals surface area contributed by atoms with Crippen molar-refractivity contribution < 1.29 is 13.2 Å². The molecule has 2 aromatic carbocycles. The summed E-state index contributed by atoms with van der Waals surface area (Å²) in [5.74, 6) is 0. The van der Waals surface area contributed by atoms with Gasteiger partial charge < -0.3 is 10.6 Å². The molecule has 158 valence electrons. The lowest BCUT2D eigenvalue weighted by Crippen LogP contribution is -2.20. The minimum absolute atomic E-state index is 0.232. The molecule has 3 rings (SSSR count). The molecule has 0 spiro atoms. The van der Waals surface area contributed by atoms with E-state index in [1.54, 1.807) is 10.7 Å². The molecule has 0 bridgehead atoms. The highest BCUT2D eigenvalue weighted by Gasteiger charge is 2.30. The minimum atomic E-state index is -4.37. The van der Waals surface area contributed by atoms with E-state index in [-0.39, 0.29) is 6.54 Å². The second-order valence-corrected chi connectivity index (χ2v) is 7.71. The summed E-state index contributed by atoms with van der Waals surface area (Å²) in [5, 5.41) is 11.2. The van der Waals surface area contributed by atoms with Crippen molar-refractivity contribution in [1.29, 1.82) is 0 Å². The number of nitrogens with zero attached hydrogens (tertiary/aromatic N) is 2. The molecule has 1 aromatic heterocycles. The first-order chi connectivity index (χ1) is 14.0. The predicted octanol–water partition coefficient (Wildman–Crippen LogP) is 5.99. The van der Waals surface area contributed by atoms with Gasteiger partial charge in [0.2, 0.25) is 0 Å². The van der Waals surface area contributed by atoms with E-state index in [4.69, 9.17) is 12.2 Å². The monoisotopic (exact) mass is 432 g/mol. The van der Waals surface area contributed by atoms with E-state index in [0.29, 0.717) is 16.4 Å². The van der Waals surface area contributed by atoms with Crippen LogP contribution in [0.5, 0.6) is 0 Å². The fraction of sp³-hybridized carbons (Fsp3) is 0.273. The highest BCUT2D eigenvalue weighted by atomic mass is 32.1. The summed E-state index contributed by atoms with van der Waals surface area (Å²) in [6.45, 7) is 7.95. The van der Waals surface area contributed by atoms with Crippen LogP contribution >= 0.6 is 12.2 Å². The number of alkyl halides is 3. The van der Waals surface area contributed by atoms with Crippen molar-refractivity contribution >= 4 is 28.7 Å². The largest absolute Gasteiger partial charge is 0.416 e. The molecule has 0 aliphatic heterocycles. The van der Waals surface area contributed by atoms with E-state index in [1.165, 1.54) is 11.6 Å². The Bertz CT molecular complexity index is 1090. The number of thiocarbonyl (C=S) groups is 1. The second-order valence-electron chi connectivity index (χ2n) is 7.30. The van der Waals surface area contributed by atoms with Gasteiger partial charge in [0, 0.05) is 5.69 Å². The molecular weight excluding hydrogens is 409 g/mol. The molecule has 0 radical (unpaired) electrons. The molecule has 8 heteroatoms. The van der Waals surface area contributed by atoms with Gasteiger partial charge in [-0.3, -0.25) is 4.68 Å². The van der Waals surface area contributed by atoms with Gasteiger partial charge in [-0.15, -0.1) is 0 Å². The van der Waals surface area contributed by atoms with E-state index in [2.05, 4.69) is 21.8 Å². The van der Waals surface area contributed by atoms with E-state index in [9.17, 15) is 13.2 Å². The molecule has 0 amide bonds.